The number of rotatable bonds is 3. The lowest BCUT2D eigenvalue weighted by Crippen LogP contribution is -2.25. The molecule has 0 bridgehead atoms. The van der Waals surface area contributed by atoms with Gasteiger partial charge in [0.05, 0.1) is 0 Å². The highest BCUT2D eigenvalue weighted by Gasteiger charge is 2.35. The van der Waals surface area contributed by atoms with E-state index in [0.29, 0.717) is 0 Å². The van der Waals surface area contributed by atoms with Gasteiger partial charge in [0, 0.05) is 19.6 Å². The monoisotopic (exact) mass is 230 g/mol. The van der Waals surface area contributed by atoms with Gasteiger partial charge in [-0.2, -0.15) is 0 Å². The minimum Gasteiger partial charge on any atom is -0.316 e. The van der Waals surface area contributed by atoms with E-state index >= 15 is 0 Å². The summed E-state index contributed by atoms with van der Waals surface area (Å²) in [5, 5.41) is 3.50. The molecular formula is C15H22N2. The van der Waals surface area contributed by atoms with Crippen LogP contribution in [0.3, 0.4) is 0 Å². The van der Waals surface area contributed by atoms with Crippen molar-refractivity contribution in [2.45, 2.75) is 19.9 Å². The molecule has 0 aromatic heterocycles. The predicted octanol–water partition coefficient (Wildman–Crippen LogP) is 1.90. The van der Waals surface area contributed by atoms with Crippen molar-refractivity contribution in [3.63, 3.8) is 0 Å². The molecule has 2 atom stereocenters. The fourth-order valence-electron chi connectivity index (χ4n) is 3.38. The van der Waals surface area contributed by atoms with Gasteiger partial charge in [-0.05, 0) is 42.5 Å². The second kappa shape index (κ2) is 4.79. The number of likely N-dealkylation sites (tertiary alicyclic amines) is 1. The minimum atomic E-state index is 0.906. The van der Waals surface area contributed by atoms with Crippen molar-refractivity contribution in [1.82, 2.24) is 10.2 Å². The highest BCUT2D eigenvalue weighted by Crippen LogP contribution is 2.27. The molecule has 1 aromatic rings. The topological polar surface area (TPSA) is 15.3 Å². The van der Waals surface area contributed by atoms with Crippen molar-refractivity contribution in [2.24, 2.45) is 11.8 Å². The number of hydrogen-bond acceptors (Lipinski definition) is 2. The lowest BCUT2D eigenvalue weighted by molar-refractivity contribution is 0.305. The van der Waals surface area contributed by atoms with Gasteiger partial charge in [-0.25, -0.2) is 0 Å². The normalized spacial score (nSPS) is 28.5. The van der Waals surface area contributed by atoms with Crippen LogP contribution in [0.1, 0.15) is 18.1 Å². The summed E-state index contributed by atoms with van der Waals surface area (Å²) in [6.07, 6.45) is 1.15. The Morgan fingerprint density at radius 1 is 1.12 bits per heavy atom. The van der Waals surface area contributed by atoms with Gasteiger partial charge in [-0.15, -0.1) is 0 Å². The van der Waals surface area contributed by atoms with E-state index in [1.807, 2.05) is 0 Å². The molecule has 2 heterocycles. The van der Waals surface area contributed by atoms with Gasteiger partial charge in [0.15, 0.2) is 0 Å². The first-order chi connectivity index (χ1) is 8.36. The molecule has 0 amide bonds. The Hall–Kier alpha value is -0.860. The molecule has 2 aliphatic rings. The summed E-state index contributed by atoms with van der Waals surface area (Å²) in [6, 6.07) is 8.90. The Morgan fingerprint density at radius 2 is 1.76 bits per heavy atom. The van der Waals surface area contributed by atoms with Crippen LogP contribution in [0.15, 0.2) is 24.3 Å². The average Bonchev–Trinajstić information content (AvgIpc) is 2.90. The first-order valence-corrected chi connectivity index (χ1v) is 6.86. The molecule has 2 unspecified atom stereocenters. The van der Waals surface area contributed by atoms with Crippen LogP contribution in [0.4, 0.5) is 0 Å². The molecule has 2 fully saturated rings. The van der Waals surface area contributed by atoms with Crippen molar-refractivity contribution in [1.29, 1.82) is 0 Å². The van der Waals surface area contributed by atoms with Gasteiger partial charge in [-0.3, -0.25) is 4.90 Å². The lowest BCUT2D eigenvalue weighted by Gasteiger charge is -2.18. The number of nitrogens with zero attached hydrogens (tertiary/aromatic N) is 1. The molecule has 92 valence electrons. The van der Waals surface area contributed by atoms with Crippen LogP contribution in [0.2, 0.25) is 0 Å². The zero-order valence-electron chi connectivity index (χ0n) is 10.7. The SMILES string of the molecule is CCc1ccccc1CN1CC2CNCC2C1. The maximum Gasteiger partial charge on any atom is 0.0236 e. The number of fused-ring (bicyclic) bond motifs is 1. The Morgan fingerprint density at radius 3 is 2.41 bits per heavy atom. The quantitative estimate of drug-likeness (QED) is 0.853. The number of hydrogen-bond donors (Lipinski definition) is 1. The van der Waals surface area contributed by atoms with E-state index in [1.54, 1.807) is 0 Å². The number of benzene rings is 1. The van der Waals surface area contributed by atoms with E-state index in [0.717, 1.165) is 24.8 Å². The van der Waals surface area contributed by atoms with E-state index in [-0.39, 0.29) is 0 Å². The predicted molar refractivity (Wildman–Crippen MR) is 70.9 cm³/mol. The molecule has 0 saturated carbocycles. The van der Waals surface area contributed by atoms with Crippen LogP contribution in [0.25, 0.3) is 0 Å². The molecule has 0 aliphatic carbocycles. The molecule has 2 saturated heterocycles. The fraction of sp³-hybridized carbons (Fsp3) is 0.600. The van der Waals surface area contributed by atoms with Crippen LogP contribution in [-0.4, -0.2) is 31.1 Å². The smallest absolute Gasteiger partial charge is 0.0236 e. The first kappa shape index (κ1) is 11.2. The highest BCUT2D eigenvalue weighted by molar-refractivity contribution is 5.27. The largest absolute Gasteiger partial charge is 0.316 e. The van der Waals surface area contributed by atoms with Crippen molar-refractivity contribution >= 4 is 0 Å². The Bertz CT molecular complexity index is 376. The summed E-state index contributed by atoms with van der Waals surface area (Å²) in [6.45, 7) is 8.44. The summed E-state index contributed by atoms with van der Waals surface area (Å²) in [5.41, 5.74) is 3.05. The van der Waals surface area contributed by atoms with E-state index < -0.39 is 0 Å². The van der Waals surface area contributed by atoms with Gasteiger partial charge < -0.3 is 5.32 Å². The van der Waals surface area contributed by atoms with Crippen LogP contribution in [0.5, 0.6) is 0 Å². The lowest BCUT2D eigenvalue weighted by atomic mass is 10.0. The molecule has 3 rings (SSSR count). The third-order valence-corrected chi connectivity index (χ3v) is 4.36. The van der Waals surface area contributed by atoms with Crippen molar-refractivity contribution in [2.75, 3.05) is 26.2 Å². The zero-order chi connectivity index (χ0) is 11.7. The van der Waals surface area contributed by atoms with Gasteiger partial charge in [0.25, 0.3) is 0 Å². The number of nitrogens with one attached hydrogen (secondary N) is 1. The molecule has 0 spiro atoms. The van der Waals surface area contributed by atoms with Crippen molar-refractivity contribution in [3.8, 4) is 0 Å². The zero-order valence-corrected chi connectivity index (χ0v) is 10.7. The van der Waals surface area contributed by atoms with Gasteiger partial charge in [0.1, 0.15) is 0 Å². The molecule has 0 radical (unpaired) electrons. The summed E-state index contributed by atoms with van der Waals surface area (Å²) in [7, 11) is 0. The molecule has 2 nitrogen and oxygen atoms in total. The fourth-order valence-corrected chi connectivity index (χ4v) is 3.38. The second-order valence-corrected chi connectivity index (χ2v) is 5.49. The number of aryl methyl sites for hydroxylation is 1. The molecule has 2 heteroatoms. The molecule has 1 N–H and O–H groups in total. The van der Waals surface area contributed by atoms with Gasteiger partial charge in [0.2, 0.25) is 0 Å². The minimum absolute atomic E-state index is 0.906. The Labute approximate surface area is 104 Å². The summed E-state index contributed by atoms with van der Waals surface area (Å²) < 4.78 is 0. The third kappa shape index (κ3) is 2.24. The second-order valence-electron chi connectivity index (χ2n) is 5.49. The van der Waals surface area contributed by atoms with Crippen LogP contribution >= 0.6 is 0 Å². The molecule has 17 heavy (non-hydrogen) atoms. The molecule has 1 aromatic carbocycles. The highest BCUT2D eigenvalue weighted by atomic mass is 15.2. The van der Waals surface area contributed by atoms with Crippen molar-refractivity contribution < 1.29 is 0 Å². The van der Waals surface area contributed by atoms with Crippen LogP contribution < -0.4 is 5.32 Å². The summed E-state index contributed by atoms with van der Waals surface area (Å²) in [4.78, 5) is 2.64. The third-order valence-electron chi connectivity index (χ3n) is 4.36. The van der Waals surface area contributed by atoms with E-state index in [4.69, 9.17) is 0 Å². The Balaban J connectivity index is 1.67. The average molecular weight is 230 g/mol. The van der Waals surface area contributed by atoms with Gasteiger partial charge in [-0.1, -0.05) is 31.2 Å². The molecular weight excluding hydrogens is 208 g/mol. The maximum atomic E-state index is 3.50. The molecule has 2 aliphatic heterocycles. The van der Waals surface area contributed by atoms with Gasteiger partial charge >= 0.3 is 0 Å². The first-order valence-electron chi connectivity index (χ1n) is 6.86. The van der Waals surface area contributed by atoms with E-state index in [2.05, 4.69) is 41.4 Å². The maximum absolute atomic E-state index is 3.50. The van der Waals surface area contributed by atoms with Crippen molar-refractivity contribution in [3.05, 3.63) is 35.4 Å². The standard InChI is InChI=1S/C15H22N2/c1-2-12-5-3-4-6-13(12)9-17-10-14-7-16-8-15(14)11-17/h3-6,14-16H,2,7-11H2,1H3. The summed E-state index contributed by atoms with van der Waals surface area (Å²) >= 11 is 0. The van der Waals surface area contributed by atoms with E-state index in [9.17, 15) is 0 Å². The van der Waals surface area contributed by atoms with Crippen LogP contribution in [-0.2, 0) is 13.0 Å². The van der Waals surface area contributed by atoms with Crippen LogP contribution in [0, 0.1) is 11.8 Å². The Kier molecular flexibility index (Phi) is 3.17. The van der Waals surface area contributed by atoms with E-state index in [1.165, 1.54) is 37.3 Å². The summed E-state index contributed by atoms with van der Waals surface area (Å²) in [5.74, 6) is 1.81.